The van der Waals surface area contributed by atoms with Crippen molar-refractivity contribution in [1.82, 2.24) is 9.78 Å². The summed E-state index contributed by atoms with van der Waals surface area (Å²) in [7, 11) is 0. The van der Waals surface area contributed by atoms with Crippen molar-refractivity contribution in [3.05, 3.63) is 40.0 Å². The number of aryl methyl sites for hydroxylation is 2. The lowest BCUT2D eigenvalue weighted by atomic mass is 9.92. The molecule has 2 N–H and O–H groups in total. The van der Waals surface area contributed by atoms with Crippen molar-refractivity contribution >= 4 is 17.4 Å². The minimum absolute atomic E-state index is 0.131. The molecule has 2 rings (SSSR count). The van der Waals surface area contributed by atoms with Gasteiger partial charge in [-0.05, 0) is 31.0 Å². The smallest absolute Gasteiger partial charge is 0.146 e. The number of rotatable bonds is 1. The fraction of sp³-hybridized carbons (Fsp3) is 0.400. The average Bonchev–Trinajstić information content (AvgIpc) is 2.59. The topological polar surface area (TPSA) is 43.8 Å². The summed E-state index contributed by atoms with van der Waals surface area (Å²) in [5.74, 6) is 0.500. The zero-order valence-electron chi connectivity index (χ0n) is 12.1. The van der Waals surface area contributed by atoms with Crippen LogP contribution in [0.15, 0.2) is 18.2 Å². The molecule has 0 aliphatic carbocycles. The summed E-state index contributed by atoms with van der Waals surface area (Å²) in [5.41, 5.74) is 10.1. The Morgan fingerprint density at radius 1 is 1.21 bits per heavy atom. The maximum atomic E-state index is 6.33. The molecule has 0 aliphatic rings. The number of aromatic nitrogens is 2. The SMILES string of the molecule is Cc1ccc(C)c(-n2nc(C(C)(C)C)c(Cl)c2N)c1. The van der Waals surface area contributed by atoms with Gasteiger partial charge in [0.05, 0.1) is 11.4 Å². The highest BCUT2D eigenvalue weighted by Gasteiger charge is 2.25. The Hall–Kier alpha value is -1.48. The molecule has 0 saturated heterocycles. The first kappa shape index (κ1) is 13.9. The first-order chi connectivity index (χ1) is 8.71. The van der Waals surface area contributed by atoms with Crippen LogP contribution in [0.5, 0.6) is 0 Å². The summed E-state index contributed by atoms with van der Waals surface area (Å²) in [6.45, 7) is 10.3. The monoisotopic (exact) mass is 277 g/mol. The van der Waals surface area contributed by atoms with Crippen LogP contribution in [0.4, 0.5) is 5.82 Å². The van der Waals surface area contributed by atoms with E-state index >= 15 is 0 Å². The van der Waals surface area contributed by atoms with Gasteiger partial charge in [-0.25, -0.2) is 4.68 Å². The first-order valence-corrected chi connectivity index (χ1v) is 6.71. The average molecular weight is 278 g/mol. The Morgan fingerprint density at radius 3 is 2.37 bits per heavy atom. The van der Waals surface area contributed by atoms with Crippen LogP contribution in [0.25, 0.3) is 5.69 Å². The van der Waals surface area contributed by atoms with Crippen molar-refractivity contribution in [2.45, 2.75) is 40.0 Å². The second-order valence-corrected chi connectivity index (χ2v) is 6.38. The van der Waals surface area contributed by atoms with Gasteiger partial charge < -0.3 is 5.73 Å². The van der Waals surface area contributed by atoms with E-state index in [4.69, 9.17) is 17.3 Å². The Bertz CT molecular complexity index is 621. The van der Waals surface area contributed by atoms with E-state index in [0.29, 0.717) is 10.8 Å². The Labute approximate surface area is 119 Å². The minimum Gasteiger partial charge on any atom is -0.382 e. The van der Waals surface area contributed by atoms with E-state index in [1.54, 1.807) is 4.68 Å². The number of nitrogen functional groups attached to an aromatic ring is 1. The molecule has 0 radical (unpaired) electrons. The molecule has 19 heavy (non-hydrogen) atoms. The van der Waals surface area contributed by atoms with Crippen molar-refractivity contribution in [2.75, 3.05) is 5.73 Å². The number of anilines is 1. The van der Waals surface area contributed by atoms with Crippen LogP contribution in [0.3, 0.4) is 0 Å². The highest BCUT2D eigenvalue weighted by Crippen LogP contribution is 2.34. The molecule has 0 atom stereocenters. The minimum atomic E-state index is -0.131. The summed E-state index contributed by atoms with van der Waals surface area (Å²) in [4.78, 5) is 0. The summed E-state index contributed by atoms with van der Waals surface area (Å²) >= 11 is 6.33. The number of halogens is 1. The van der Waals surface area contributed by atoms with Gasteiger partial charge >= 0.3 is 0 Å². The predicted molar refractivity (Wildman–Crippen MR) is 81.2 cm³/mol. The molecule has 0 fully saturated rings. The van der Waals surface area contributed by atoms with E-state index in [-0.39, 0.29) is 5.41 Å². The molecule has 2 aromatic rings. The standard InChI is InChI=1S/C15H20ClN3/c1-9-6-7-10(2)11(8-9)19-14(17)12(16)13(18-19)15(3,4)5/h6-8H,17H2,1-5H3. The molecule has 4 heteroatoms. The van der Waals surface area contributed by atoms with E-state index in [1.807, 2.05) is 6.92 Å². The molecule has 0 saturated carbocycles. The van der Waals surface area contributed by atoms with Gasteiger partial charge in [0.1, 0.15) is 10.8 Å². The number of benzene rings is 1. The molecule has 3 nitrogen and oxygen atoms in total. The van der Waals surface area contributed by atoms with Gasteiger partial charge in [-0.3, -0.25) is 0 Å². The molecular weight excluding hydrogens is 258 g/mol. The third kappa shape index (κ3) is 2.47. The van der Waals surface area contributed by atoms with Crippen LogP contribution in [-0.4, -0.2) is 9.78 Å². The fourth-order valence-corrected chi connectivity index (χ4v) is 2.42. The quantitative estimate of drug-likeness (QED) is 0.855. The summed E-state index contributed by atoms with van der Waals surface area (Å²) in [6, 6.07) is 6.21. The van der Waals surface area contributed by atoms with E-state index in [2.05, 4.69) is 51.0 Å². The van der Waals surface area contributed by atoms with Gasteiger partial charge in [-0.2, -0.15) is 5.10 Å². The summed E-state index contributed by atoms with van der Waals surface area (Å²) in [5, 5.41) is 5.16. The molecule has 0 bridgehead atoms. The zero-order valence-corrected chi connectivity index (χ0v) is 12.8. The Morgan fingerprint density at radius 2 is 1.84 bits per heavy atom. The molecule has 0 spiro atoms. The number of nitrogens with two attached hydrogens (primary N) is 1. The number of hydrogen-bond donors (Lipinski definition) is 1. The second kappa shape index (κ2) is 4.57. The molecule has 0 amide bonds. The normalized spacial score (nSPS) is 11.9. The van der Waals surface area contributed by atoms with E-state index in [9.17, 15) is 0 Å². The van der Waals surface area contributed by atoms with Crippen molar-refractivity contribution in [1.29, 1.82) is 0 Å². The van der Waals surface area contributed by atoms with Crippen molar-refractivity contribution in [3.63, 3.8) is 0 Å². The zero-order chi connectivity index (χ0) is 14.4. The van der Waals surface area contributed by atoms with Crippen LogP contribution in [0, 0.1) is 13.8 Å². The van der Waals surface area contributed by atoms with Crippen LogP contribution >= 0.6 is 11.6 Å². The third-order valence-corrected chi connectivity index (χ3v) is 3.54. The molecule has 1 aromatic carbocycles. The van der Waals surface area contributed by atoms with Crippen molar-refractivity contribution < 1.29 is 0 Å². The first-order valence-electron chi connectivity index (χ1n) is 6.34. The molecule has 1 aromatic heterocycles. The molecular formula is C15H20ClN3. The number of hydrogen-bond acceptors (Lipinski definition) is 2. The van der Waals surface area contributed by atoms with Crippen LogP contribution in [0.1, 0.15) is 37.6 Å². The van der Waals surface area contributed by atoms with Crippen LogP contribution in [-0.2, 0) is 5.41 Å². The predicted octanol–water partition coefficient (Wildman–Crippen LogP) is 4.02. The van der Waals surface area contributed by atoms with E-state index < -0.39 is 0 Å². The molecule has 0 unspecified atom stereocenters. The Balaban J connectivity index is 2.67. The summed E-state index contributed by atoms with van der Waals surface area (Å²) < 4.78 is 1.74. The molecule has 102 valence electrons. The Kier molecular flexibility index (Phi) is 3.35. The highest BCUT2D eigenvalue weighted by molar-refractivity contribution is 6.33. The van der Waals surface area contributed by atoms with Crippen LogP contribution < -0.4 is 5.73 Å². The second-order valence-electron chi connectivity index (χ2n) is 6.00. The fourth-order valence-electron chi connectivity index (χ4n) is 2.02. The van der Waals surface area contributed by atoms with E-state index in [1.165, 1.54) is 5.56 Å². The van der Waals surface area contributed by atoms with E-state index in [0.717, 1.165) is 16.9 Å². The molecule has 1 heterocycles. The highest BCUT2D eigenvalue weighted by atomic mass is 35.5. The maximum absolute atomic E-state index is 6.33. The largest absolute Gasteiger partial charge is 0.382 e. The maximum Gasteiger partial charge on any atom is 0.146 e. The van der Waals surface area contributed by atoms with Gasteiger partial charge in [0.25, 0.3) is 0 Å². The van der Waals surface area contributed by atoms with Gasteiger partial charge in [-0.15, -0.1) is 0 Å². The lowest BCUT2D eigenvalue weighted by Crippen LogP contribution is -2.13. The summed E-state index contributed by atoms with van der Waals surface area (Å²) in [6.07, 6.45) is 0. The number of nitrogens with zero attached hydrogens (tertiary/aromatic N) is 2. The lowest BCUT2D eigenvalue weighted by molar-refractivity contribution is 0.560. The van der Waals surface area contributed by atoms with Gasteiger partial charge in [0.15, 0.2) is 0 Å². The van der Waals surface area contributed by atoms with Gasteiger partial charge in [0.2, 0.25) is 0 Å². The van der Waals surface area contributed by atoms with Crippen molar-refractivity contribution in [3.8, 4) is 5.69 Å². The van der Waals surface area contributed by atoms with Gasteiger partial charge in [0, 0.05) is 5.41 Å². The van der Waals surface area contributed by atoms with Crippen LogP contribution in [0.2, 0.25) is 5.02 Å². The lowest BCUT2D eigenvalue weighted by Gasteiger charge is -2.15. The van der Waals surface area contributed by atoms with Gasteiger partial charge in [-0.1, -0.05) is 44.5 Å². The molecule has 0 aliphatic heterocycles. The third-order valence-electron chi connectivity index (χ3n) is 3.16. The van der Waals surface area contributed by atoms with Crippen molar-refractivity contribution in [2.24, 2.45) is 0 Å².